The average molecular weight is 430 g/mol. The molecule has 7 nitrogen and oxygen atoms in total. The molecule has 2 saturated heterocycles. The summed E-state index contributed by atoms with van der Waals surface area (Å²) in [4.78, 5) is 18.5. The SMILES string of the molecule is COc1cccc(CCN2C[C@H]3CCN(C(=O)c4cccnc4)CC[C@H]3S2(=O)=O)c1. The summed E-state index contributed by atoms with van der Waals surface area (Å²) in [5.74, 6) is 0.766. The average Bonchev–Trinajstić information content (AvgIpc) is 2.90. The molecule has 2 aliphatic heterocycles. The molecule has 2 atom stereocenters. The number of hydrogen-bond acceptors (Lipinski definition) is 5. The number of nitrogens with zero attached hydrogens (tertiary/aromatic N) is 3. The maximum Gasteiger partial charge on any atom is 0.255 e. The van der Waals surface area contributed by atoms with Crippen molar-refractivity contribution in [1.29, 1.82) is 0 Å². The zero-order valence-electron chi connectivity index (χ0n) is 17.1. The van der Waals surface area contributed by atoms with Crippen molar-refractivity contribution in [2.45, 2.75) is 24.5 Å². The number of carbonyl (C=O) groups excluding carboxylic acids is 1. The number of fused-ring (bicyclic) bond motifs is 1. The molecule has 3 heterocycles. The van der Waals surface area contributed by atoms with E-state index < -0.39 is 15.3 Å². The molecule has 0 N–H and O–H groups in total. The highest BCUT2D eigenvalue weighted by Crippen LogP contribution is 2.34. The third-order valence-electron chi connectivity index (χ3n) is 6.14. The van der Waals surface area contributed by atoms with Crippen LogP contribution in [0, 0.1) is 5.92 Å². The summed E-state index contributed by atoms with van der Waals surface area (Å²) in [7, 11) is -1.73. The molecule has 1 aromatic heterocycles. The summed E-state index contributed by atoms with van der Waals surface area (Å²) in [6.07, 6.45) is 5.03. The highest BCUT2D eigenvalue weighted by Gasteiger charge is 2.46. The van der Waals surface area contributed by atoms with Gasteiger partial charge in [-0.2, -0.15) is 0 Å². The largest absolute Gasteiger partial charge is 0.497 e. The first-order valence-corrected chi connectivity index (χ1v) is 11.8. The van der Waals surface area contributed by atoms with Crippen LogP contribution in [0.25, 0.3) is 0 Å². The van der Waals surface area contributed by atoms with Crippen LogP contribution in [-0.4, -0.2) is 67.1 Å². The summed E-state index contributed by atoms with van der Waals surface area (Å²) < 4.78 is 33.2. The monoisotopic (exact) mass is 429 g/mol. The number of sulfonamides is 1. The van der Waals surface area contributed by atoms with E-state index in [2.05, 4.69) is 4.98 Å². The van der Waals surface area contributed by atoms with E-state index in [1.165, 1.54) is 0 Å². The van der Waals surface area contributed by atoms with Gasteiger partial charge in [0.05, 0.1) is 17.9 Å². The van der Waals surface area contributed by atoms with Crippen molar-refractivity contribution in [2.75, 3.05) is 33.3 Å². The Balaban J connectivity index is 1.40. The zero-order valence-corrected chi connectivity index (χ0v) is 17.9. The van der Waals surface area contributed by atoms with Crippen LogP contribution in [0.5, 0.6) is 5.75 Å². The van der Waals surface area contributed by atoms with Crippen LogP contribution < -0.4 is 4.74 Å². The molecule has 0 saturated carbocycles. The topological polar surface area (TPSA) is 79.8 Å². The van der Waals surface area contributed by atoms with Crippen LogP contribution in [0.3, 0.4) is 0 Å². The lowest BCUT2D eigenvalue weighted by Gasteiger charge is -2.22. The zero-order chi connectivity index (χ0) is 21.1. The molecular weight excluding hydrogens is 402 g/mol. The Bertz CT molecular complexity index is 996. The summed E-state index contributed by atoms with van der Waals surface area (Å²) in [6.45, 7) is 2.04. The summed E-state index contributed by atoms with van der Waals surface area (Å²) in [6, 6.07) is 11.2. The second kappa shape index (κ2) is 8.73. The minimum absolute atomic E-state index is 0.0620. The number of aromatic nitrogens is 1. The number of rotatable bonds is 5. The minimum Gasteiger partial charge on any atom is -0.497 e. The lowest BCUT2D eigenvalue weighted by molar-refractivity contribution is 0.0758. The third-order valence-corrected chi connectivity index (χ3v) is 8.58. The molecule has 0 radical (unpaired) electrons. The second-order valence-corrected chi connectivity index (χ2v) is 10.1. The Morgan fingerprint density at radius 1 is 1.20 bits per heavy atom. The Kier molecular flexibility index (Phi) is 6.06. The molecule has 160 valence electrons. The van der Waals surface area contributed by atoms with Crippen molar-refractivity contribution in [3.63, 3.8) is 0 Å². The standard InChI is InChI=1S/C22H27N3O4S/c1-29-20-6-2-4-17(14-20)7-13-25-16-19-8-11-24(12-9-21(19)30(25,27)28)22(26)18-5-3-10-23-15-18/h2-6,10,14-15,19,21H,7-9,11-13,16H2,1H3/t19-,21-/m1/s1. The number of carbonyl (C=O) groups is 1. The first-order valence-electron chi connectivity index (χ1n) is 10.3. The quantitative estimate of drug-likeness (QED) is 0.728. The Labute approximate surface area is 177 Å². The van der Waals surface area contributed by atoms with Crippen LogP contribution in [0.2, 0.25) is 0 Å². The van der Waals surface area contributed by atoms with Gasteiger partial charge in [-0.15, -0.1) is 0 Å². The van der Waals surface area contributed by atoms with Gasteiger partial charge in [0, 0.05) is 38.6 Å². The van der Waals surface area contributed by atoms with Gasteiger partial charge < -0.3 is 9.64 Å². The molecular formula is C22H27N3O4S. The van der Waals surface area contributed by atoms with Crippen LogP contribution in [-0.2, 0) is 16.4 Å². The molecule has 0 bridgehead atoms. The van der Waals surface area contributed by atoms with Gasteiger partial charge in [0.2, 0.25) is 10.0 Å². The predicted octanol–water partition coefficient (Wildman–Crippen LogP) is 2.20. The van der Waals surface area contributed by atoms with Crippen molar-refractivity contribution >= 4 is 15.9 Å². The number of ether oxygens (including phenoxy) is 1. The predicted molar refractivity (Wildman–Crippen MR) is 114 cm³/mol. The summed E-state index contributed by atoms with van der Waals surface area (Å²) in [5.41, 5.74) is 1.61. The van der Waals surface area contributed by atoms with Crippen LogP contribution in [0.4, 0.5) is 0 Å². The third kappa shape index (κ3) is 4.20. The van der Waals surface area contributed by atoms with Crippen LogP contribution in [0.1, 0.15) is 28.8 Å². The van der Waals surface area contributed by atoms with E-state index >= 15 is 0 Å². The van der Waals surface area contributed by atoms with Crippen LogP contribution >= 0.6 is 0 Å². The van der Waals surface area contributed by atoms with Gasteiger partial charge in [-0.3, -0.25) is 9.78 Å². The molecule has 1 amide bonds. The van der Waals surface area contributed by atoms with Crippen molar-refractivity contribution in [3.05, 3.63) is 59.9 Å². The smallest absolute Gasteiger partial charge is 0.255 e. The number of hydrogen-bond donors (Lipinski definition) is 0. The fourth-order valence-corrected chi connectivity index (χ4v) is 6.71. The Morgan fingerprint density at radius 2 is 2.03 bits per heavy atom. The normalized spacial score (nSPS) is 23.6. The van der Waals surface area contributed by atoms with E-state index in [-0.39, 0.29) is 11.8 Å². The molecule has 4 rings (SSSR count). The van der Waals surface area contributed by atoms with Gasteiger partial charge in [-0.25, -0.2) is 12.7 Å². The van der Waals surface area contributed by atoms with E-state index in [0.717, 1.165) is 11.3 Å². The van der Waals surface area contributed by atoms with Gasteiger partial charge in [-0.1, -0.05) is 12.1 Å². The molecule has 8 heteroatoms. The number of pyridine rings is 1. The summed E-state index contributed by atoms with van der Waals surface area (Å²) in [5, 5.41) is -0.408. The fourth-order valence-electron chi connectivity index (χ4n) is 4.47. The molecule has 0 aliphatic carbocycles. The molecule has 1 aromatic carbocycles. The van der Waals surface area contributed by atoms with E-state index in [1.807, 2.05) is 24.3 Å². The van der Waals surface area contributed by atoms with E-state index in [1.54, 1.807) is 40.8 Å². The lowest BCUT2D eigenvalue weighted by atomic mass is 10.0. The summed E-state index contributed by atoms with van der Waals surface area (Å²) >= 11 is 0. The number of amides is 1. The molecule has 2 fully saturated rings. The van der Waals surface area contributed by atoms with Gasteiger partial charge in [0.25, 0.3) is 5.91 Å². The Hall–Kier alpha value is -2.45. The number of methoxy groups -OCH3 is 1. The van der Waals surface area contributed by atoms with Crippen LogP contribution in [0.15, 0.2) is 48.8 Å². The van der Waals surface area contributed by atoms with E-state index in [4.69, 9.17) is 4.74 Å². The van der Waals surface area contributed by atoms with Gasteiger partial charge in [-0.05, 0) is 55.0 Å². The molecule has 2 aliphatic rings. The first kappa shape index (κ1) is 20.8. The van der Waals surface area contributed by atoms with E-state index in [9.17, 15) is 13.2 Å². The van der Waals surface area contributed by atoms with Gasteiger partial charge in [0.15, 0.2) is 0 Å². The maximum absolute atomic E-state index is 13.2. The molecule has 30 heavy (non-hydrogen) atoms. The van der Waals surface area contributed by atoms with Gasteiger partial charge >= 0.3 is 0 Å². The second-order valence-electron chi connectivity index (χ2n) is 7.91. The molecule has 2 aromatic rings. The highest BCUT2D eigenvalue weighted by molar-refractivity contribution is 7.90. The van der Waals surface area contributed by atoms with E-state index in [0.29, 0.717) is 51.0 Å². The minimum atomic E-state index is -3.36. The van der Waals surface area contributed by atoms with Crippen molar-refractivity contribution in [1.82, 2.24) is 14.2 Å². The first-order chi connectivity index (χ1) is 14.5. The lowest BCUT2D eigenvalue weighted by Crippen LogP contribution is -2.35. The highest BCUT2D eigenvalue weighted by atomic mass is 32.2. The molecule has 0 spiro atoms. The van der Waals surface area contributed by atoms with Crippen molar-refractivity contribution < 1.29 is 17.9 Å². The Morgan fingerprint density at radius 3 is 2.80 bits per heavy atom. The van der Waals surface area contributed by atoms with Crippen molar-refractivity contribution in [3.8, 4) is 5.75 Å². The number of benzene rings is 1. The fraction of sp³-hybridized carbons (Fsp3) is 0.455. The van der Waals surface area contributed by atoms with Crippen molar-refractivity contribution in [2.24, 2.45) is 5.92 Å². The molecule has 0 unspecified atom stereocenters. The number of likely N-dealkylation sites (tertiary alicyclic amines) is 1. The van der Waals surface area contributed by atoms with Gasteiger partial charge in [0.1, 0.15) is 5.75 Å². The maximum atomic E-state index is 13.2.